The molecule has 0 fully saturated rings. The molecule has 5 aromatic carbocycles. The number of methoxy groups -OCH3 is 6. The van der Waals surface area contributed by atoms with Gasteiger partial charge in [0.25, 0.3) is 0 Å². The van der Waals surface area contributed by atoms with Crippen LogP contribution in [0.3, 0.4) is 0 Å². The zero-order valence-corrected chi connectivity index (χ0v) is 31.9. The van der Waals surface area contributed by atoms with Crippen LogP contribution in [0.5, 0.6) is 57.5 Å². The molecule has 7 aromatic rings. The van der Waals surface area contributed by atoms with Crippen LogP contribution in [0.2, 0.25) is 0 Å². The first kappa shape index (κ1) is 38.2. The number of hydrogen-bond acceptors (Lipinski definition) is 14. The molecule has 0 amide bonds. The van der Waals surface area contributed by atoms with Crippen LogP contribution >= 0.6 is 0 Å². The van der Waals surface area contributed by atoms with Crippen LogP contribution in [0.15, 0.2) is 103 Å². The van der Waals surface area contributed by atoms with Crippen molar-refractivity contribution < 1.29 is 46.7 Å². The predicted octanol–water partition coefficient (Wildman–Crippen LogP) is 8.61. The molecule has 2 heterocycles. The second-order valence-electron chi connectivity index (χ2n) is 12.4. The number of nitrogens with zero attached hydrogens (tertiary/aromatic N) is 2. The van der Waals surface area contributed by atoms with Crippen LogP contribution in [-0.4, -0.2) is 42.7 Å². The number of rotatable bonds is 12. The van der Waals surface area contributed by atoms with Crippen molar-refractivity contribution in [2.45, 2.75) is 0 Å². The lowest BCUT2D eigenvalue weighted by Gasteiger charge is -2.15. The van der Waals surface area contributed by atoms with Gasteiger partial charge in [0.05, 0.1) is 64.9 Å². The van der Waals surface area contributed by atoms with E-state index in [2.05, 4.69) is 0 Å². The van der Waals surface area contributed by atoms with Crippen LogP contribution in [0.25, 0.3) is 44.2 Å². The van der Waals surface area contributed by atoms with E-state index in [0.717, 1.165) is 0 Å². The van der Waals surface area contributed by atoms with Gasteiger partial charge in [-0.2, -0.15) is 10.5 Å². The zero-order chi connectivity index (χ0) is 41.1. The highest BCUT2D eigenvalue weighted by Gasteiger charge is 2.20. The number of benzene rings is 5. The highest BCUT2D eigenvalue weighted by atomic mass is 16.5. The molecular weight excluding hydrogens is 748 g/mol. The van der Waals surface area contributed by atoms with Crippen molar-refractivity contribution in [1.29, 1.82) is 10.5 Å². The normalized spacial score (nSPS) is 10.7. The number of hydrogen-bond donors (Lipinski definition) is 0. The maximum Gasteiger partial charge on any atom is 0.344 e. The molecule has 0 saturated carbocycles. The summed E-state index contributed by atoms with van der Waals surface area (Å²) in [7, 11) is 8.88. The van der Waals surface area contributed by atoms with Crippen LogP contribution in [0, 0.1) is 22.7 Å². The van der Waals surface area contributed by atoms with Gasteiger partial charge < -0.3 is 46.7 Å². The second-order valence-corrected chi connectivity index (χ2v) is 12.4. The lowest BCUT2D eigenvalue weighted by Crippen LogP contribution is -2.04. The van der Waals surface area contributed by atoms with Crippen molar-refractivity contribution in [1.82, 2.24) is 0 Å². The summed E-state index contributed by atoms with van der Waals surface area (Å²) in [5, 5.41) is 20.8. The van der Waals surface area contributed by atoms with Gasteiger partial charge in [-0.15, -0.1) is 0 Å². The molecule has 14 nitrogen and oxygen atoms in total. The highest BCUT2D eigenvalue weighted by Crippen LogP contribution is 2.43. The molecule has 0 aliphatic heterocycles. The van der Waals surface area contributed by atoms with Crippen molar-refractivity contribution in [3.05, 3.63) is 117 Å². The fourth-order valence-electron chi connectivity index (χ4n) is 6.34. The third-order valence-corrected chi connectivity index (χ3v) is 9.15. The molecule has 0 unspecified atom stereocenters. The second kappa shape index (κ2) is 15.9. The molecule has 0 N–H and O–H groups in total. The van der Waals surface area contributed by atoms with Crippen LogP contribution in [-0.2, 0) is 0 Å². The Bertz CT molecular complexity index is 2700. The summed E-state index contributed by atoms with van der Waals surface area (Å²) < 4.78 is 56.5. The van der Waals surface area contributed by atoms with E-state index in [1.165, 1.54) is 66.9 Å². The quantitative estimate of drug-likeness (QED) is 0.107. The first-order chi connectivity index (χ1) is 28.1. The molecule has 58 heavy (non-hydrogen) atoms. The molecule has 2 aromatic heterocycles. The number of fused-ring (bicyclic) bond motifs is 2. The molecule has 0 aliphatic rings. The van der Waals surface area contributed by atoms with E-state index in [9.17, 15) is 20.1 Å². The van der Waals surface area contributed by atoms with Crippen molar-refractivity contribution in [3.8, 4) is 91.9 Å². The van der Waals surface area contributed by atoms with Crippen molar-refractivity contribution >= 4 is 21.9 Å². The molecule has 0 saturated heterocycles. The SMILES string of the molecule is COc1cc(-c2cc3ccc(Oc4cc(C#N)c(C#N)cc4Oc4ccc5cc(-c6cc(OC)c(OC)c(OC)c6)c(=O)oc5c4)cc3oc2=O)cc(OC)c1OC. The van der Waals surface area contributed by atoms with E-state index in [0.29, 0.717) is 56.4 Å². The minimum atomic E-state index is -0.633. The van der Waals surface area contributed by atoms with E-state index in [-0.39, 0.29) is 56.4 Å². The lowest BCUT2D eigenvalue weighted by molar-refractivity contribution is 0.324. The van der Waals surface area contributed by atoms with Gasteiger partial charge >= 0.3 is 11.3 Å². The molecule has 0 spiro atoms. The Kier molecular flexibility index (Phi) is 10.5. The molecule has 0 aliphatic carbocycles. The van der Waals surface area contributed by atoms with Crippen LogP contribution in [0.4, 0.5) is 0 Å². The fraction of sp³-hybridized carbons (Fsp3) is 0.136. The summed E-state index contributed by atoms with van der Waals surface area (Å²) >= 11 is 0. The Labute approximate surface area is 330 Å². The summed E-state index contributed by atoms with van der Waals surface area (Å²) in [6.45, 7) is 0. The molecule has 290 valence electrons. The Morgan fingerprint density at radius 2 is 0.810 bits per heavy atom. The standard InChI is InChI=1S/C44H32N2O12/c1-49-37-13-25(14-38(50-2)41(37)53-5)31-11-23-7-9-29(19-33(23)57-43(31)47)55-35-17-27(21-45)28(22-46)18-36(35)56-30-10-8-24-12-32(44(48)58-34(24)20-30)26-15-39(51-3)42(54-6)40(16-26)52-4/h7-20H,1-6H3. The van der Waals surface area contributed by atoms with E-state index >= 15 is 0 Å². The van der Waals surface area contributed by atoms with E-state index in [1.54, 1.807) is 60.7 Å². The molecule has 14 heteroatoms. The largest absolute Gasteiger partial charge is 0.493 e. The Morgan fingerprint density at radius 3 is 1.12 bits per heavy atom. The van der Waals surface area contributed by atoms with Gasteiger partial charge in [0.1, 0.15) is 34.8 Å². The summed E-state index contributed by atoms with van der Waals surface area (Å²) in [5.74, 6) is 2.84. The summed E-state index contributed by atoms with van der Waals surface area (Å²) in [6.07, 6.45) is 0. The van der Waals surface area contributed by atoms with Gasteiger partial charge in [-0.1, -0.05) is 0 Å². The summed E-state index contributed by atoms with van der Waals surface area (Å²) in [5.41, 5.74) is 0.722. The van der Waals surface area contributed by atoms with Crippen molar-refractivity contribution in [2.24, 2.45) is 0 Å². The third kappa shape index (κ3) is 7.09. The van der Waals surface area contributed by atoms with Gasteiger partial charge in [0, 0.05) is 35.0 Å². The number of nitriles is 2. The molecular formula is C44H32N2O12. The van der Waals surface area contributed by atoms with Crippen molar-refractivity contribution in [3.63, 3.8) is 0 Å². The smallest absolute Gasteiger partial charge is 0.344 e. The van der Waals surface area contributed by atoms with Crippen LogP contribution < -0.4 is 49.1 Å². The van der Waals surface area contributed by atoms with Gasteiger partial charge in [-0.25, -0.2) is 9.59 Å². The van der Waals surface area contributed by atoms with E-state index in [4.69, 9.17) is 46.7 Å². The first-order valence-electron chi connectivity index (χ1n) is 17.3. The molecule has 0 bridgehead atoms. The Hall–Kier alpha value is -8.10. The average Bonchev–Trinajstić information content (AvgIpc) is 3.24. The van der Waals surface area contributed by atoms with Gasteiger partial charge in [-0.05, 0) is 71.8 Å². The van der Waals surface area contributed by atoms with Gasteiger partial charge in [0.15, 0.2) is 34.5 Å². The topological polar surface area (TPSA) is 182 Å². The maximum absolute atomic E-state index is 13.3. The monoisotopic (exact) mass is 780 g/mol. The van der Waals surface area contributed by atoms with Crippen molar-refractivity contribution in [2.75, 3.05) is 42.7 Å². The minimum Gasteiger partial charge on any atom is -0.493 e. The van der Waals surface area contributed by atoms with E-state index in [1.807, 2.05) is 12.1 Å². The number of ether oxygens (including phenoxy) is 8. The zero-order valence-electron chi connectivity index (χ0n) is 31.9. The average molecular weight is 781 g/mol. The van der Waals surface area contributed by atoms with Crippen LogP contribution in [0.1, 0.15) is 11.1 Å². The predicted molar refractivity (Wildman–Crippen MR) is 211 cm³/mol. The van der Waals surface area contributed by atoms with Gasteiger partial charge in [0.2, 0.25) is 11.5 Å². The summed E-state index contributed by atoms with van der Waals surface area (Å²) in [6, 6.07) is 26.4. The van der Waals surface area contributed by atoms with E-state index < -0.39 is 11.3 Å². The Balaban J connectivity index is 1.22. The molecule has 7 rings (SSSR count). The molecule has 0 atom stereocenters. The Morgan fingerprint density at radius 1 is 0.448 bits per heavy atom. The third-order valence-electron chi connectivity index (χ3n) is 9.15. The molecule has 0 radical (unpaired) electrons. The first-order valence-corrected chi connectivity index (χ1v) is 17.3. The summed E-state index contributed by atoms with van der Waals surface area (Å²) in [4.78, 5) is 26.6. The highest BCUT2D eigenvalue weighted by molar-refractivity contribution is 5.85. The maximum atomic E-state index is 13.3. The minimum absolute atomic E-state index is 0.0380. The fourth-order valence-corrected chi connectivity index (χ4v) is 6.34. The lowest BCUT2D eigenvalue weighted by atomic mass is 10.0. The van der Waals surface area contributed by atoms with Gasteiger partial charge in [-0.3, -0.25) is 0 Å².